The normalized spacial score (nSPS) is 15.3. The number of pyridine rings is 1. The number of carbonyl (C=O) groups is 1. The molecule has 0 atom stereocenters. The molecule has 3 aromatic heterocycles. The minimum absolute atomic E-state index is 0.0320. The molecule has 1 fully saturated rings. The fourth-order valence-electron chi connectivity index (χ4n) is 4.20. The highest BCUT2D eigenvalue weighted by Crippen LogP contribution is 2.25. The maximum absolute atomic E-state index is 13.0. The molecular weight excluding hydrogens is 444 g/mol. The summed E-state index contributed by atoms with van der Waals surface area (Å²) in [6.45, 7) is 3.63. The van der Waals surface area contributed by atoms with Crippen molar-refractivity contribution in [3.05, 3.63) is 54.2 Å². The lowest BCUT2D eigenvalue weighted by atomic mass is 10.2. The maximum atomic E-state index is 13.0. The zero-order valence-electron chi connectivity index (χ0n) is 18.2. The van der Waals surface area contributed by atoms with Crippen LogP contribution < -0.4 is 0 Å². The van der Waals surface area contributed by atoms with Gasteiger partial charge in [-0.1, -0.05) is 6.42 Å². The number of imidazole rings is 1. The van der Waals surface area contributed by atoms with Gasteiger partial charge in [0.25, 0.3) is 0 Å². The number of esters is 1. The number of ether oxygens (including phenoxy) is 1. The van der Waals surface area contributed by atoms with Crippen LogP contribution in [0.15, 0.2) is 47.8 Å². The second kappa shape index (κ2) is 8.56. The van der Waals surface area contributed by atoms with Crippen LogP contribution >= 0.6 is 0 Å². The molecule has 1 saturated heterocycles. The van der Waals surface area contributed by atoms with Gasteiger partial charge >= 0.3 is 5.97 Å². The molecule has 0 spiro atoms. The number of sulfonamides is 1. The molecule has 0 radical (unpaired) electrons. The Morgan fingerprint density at radius 2 is 1.94 bits per heavy atom. The summed E-state index contributed by atoms with van der Waals surface area (Å²) in [7, 11) is -3.55. The van der Waals surface area contributed by atoms with Crippen LogP contribution in [0.2, 0.25) is 0 Å². The average Bonchev–Trinajstić information content (AvgIpc) is 3.45. The Labute approximate surface area is 190 Å². The number of piperidine rings is 1. The van der Waals surface area contributed by atoms with E-state index in [2.05, 4.69) is 15.2 Å². The lowest BCUT2D eigenvalue weighted by molar-refractivity contribution is 0.0458. The van der Waals surface area contributed by atoms with Crippen LogP contribution in [0.25, 0.3) is 16.7 Å². The minimum Gasteiger partial charge on any atom is -0.454 e. The first-order valence-corrected chi connectivity index (χ1v) is 12.4. The van der Waals surface area contributed by atoms with Crippen LogP contribution in [0.3, 0.4) is 0 Å². The third-order valence-electron chi connectivity index (χ3n) is 5.93. The molecule has 0 saturated carbocycles. The molecule has 1 aromatic carbocycles. The highest BCUT2D eigenvalue weighted by molar-refractivity contribution is 7.89. The Morgan fingerprint density at radius 3 is 2.73 bits per heavy atom. The van der Waals surface area contributed by atoms with E-state index in [4.69, 9.17) is 4.74 Å². The molecule has 1 aliphatic heterocycles. The molecule has 0 bridgehead atoms. The third kappa shape index (κ3) is 3.98. The van der Waals surface area contributed by atoms with Gasteiger partial charge in [-0.05, 0) is 50.1 Å². The predicted molar refractivity (Wildman–Crippen MR) is 120 cm³/mol. The molecule has 5 rings (SSSR count). The molecule has 11 heteroatoms. The molecule has 4 aromatic rings. The molecule has 4 heterocycles. The van der Waals surface area contributed by atoms with Crippen LogP contribution in [0.1, 0.15) is 42.4 Å². The lowest BCUT2D eigenvalue weighted by Crippen LogP contribution is -2.35. The molecule has 33 heavy (non-hydrogen) atoms. The molecule has 0 unspecified atom stereocenters. The van der Waals surface area contributed by atoms with E-state index in [1.165, 1.54) is 6.33 Å². The summed E-state index contributed by atoms with van der Waals surface area (Å²) in [5, 5.41) is 7.71. The first kappa shape index (κ1) is 21.5. The fourth-order valence-corrected chi connectivity index (χ4v) is 5.74. The van der Waals surface area contributed by atoms with Gasteiger partial charge in [0.05, 0.1) is 21.5 Å². The summed E-state index contributed by atoms with van der Waals surface area (Å²) in [4.78, 5) is 17.4. The summed E-state index contributed by atoms with van der Waals surface area (Å²) in [5.41, 5.74) is 2.37. The van der Waals surface area contributed by atoms with E-state index in [9.17, 15) is 13.2 Å². The highest BCUT2D eigenvalue weighted by Gasteiger charge is 2.26. The molecular formula is C22H24N6O4S. The zero-order chi connectivity index (χ0) is 23.0. The largest absolute Gasteiger partial charge is 0.454 e. The molecule has 0 amide bonds. The molecule has 172 valence electrons. The maximum Gasteiger partial charge on any atom is 0.340 e. The Hall–Kier alpha value is -3.31. The SMILES string of the molecule is CCn1c(COC(=O)c2ccc3nncn3c2)nc2cc(S(=O)(=O)N3CCCCC3)ccc21. The molecule has 0 aliphatic carbocycles. The first-order chi connectivity index (χ1) is 16.0. The Balaban J connectivity index is 1.39. The van der Waals surface area contributed by atoms with Gasteiger partial charge in [-0.15, -0.1) is 10.2 Å². The van der Waals surface area contributed by atoms with Crippen LogP contribution in [-0.2, 0) is 27.9 Å². The summed E-state index contributed by atoms with van der Waals surface area (Å²) < 4.78 is 36.7. The Kier molecular flexibility index (Phi) is 5.59. The zero-order valence-corrected chi connectivity index (χ0v) is 19.0. The van der Waals surface area contributed by atoms with E-state index in [1.807, 2.05) is 11.5 Å². The van der Waals surface area contributed by atoms with Crippen molar-refractivity contribution in [3.8, 4) is 0 Å². The summed E-state index contributed by atoms with van der Waals surface area (Å²) in [6, 6.07) is 8.33. The highest BCUT2D eigenvalue weighted by atomic mass is 32.2. The molecule has 1 aliphatic rings. The van der Waals surface area contributed by atoms with Crippen molar-refractivity contribution in [1.29, 1.82) is 0 Å². The Bertz CT molecular complexity index is 1440. The van der Waals surface area contributed by atoms with Crippen molar-refractivity contribution >= 4 is 32.7 Å². The number of nitrogens with zero attached hydrogens (tertiary/aromatic N) is 6. The standard InChI is InChI=1S/C22H24N6O4S/c1-2-28-19-8-7-17(33(30,31)27-10-4-3-5-11-27)12-18(19)24-21(28)14-32-22(29)16-6-9-20-25-23-15-26(20)13-16/h6-9,12-13,15H,2-5,10-11,14H2,1H3. The molecule has 0 N–H and O–H groups in total. The van der Waals surface area contributed by atoms with E-state index < -0.39 is 16.0 Å². The van der Waals surface area contributed by atoms with E-state index in [0.29, 0.717) is 42.2 Å². The van der Waals surface area contributed by atoms with Crippen LogP contribution in [0.4, 0.5) is 0 Å². The van der Waals surface area contributed by atoms with Gasteiger partial charge in [0.2, 0.25) is 10.0 Å². The second-order valence-electron chi connectivity index (χ2n) is 7.98. The van der Waals surface area contributed by atoms with Gasteiger partial charge in [0, 0.05) is 25.8 Å². The van der Waals surface area contributed by atoms with Crippen molar-refractivity contribution in [2.24, 2.45) is 0 Å². The van der Waals surface area contributed by atoms with Crippen molar-refractivity contribution in [2.75, 3.05) is 13.1 Å². The van der Waals surface area contributed by atoms with Crippen LogP contribution in [-0.4, -0.2) is 55.9 Å². The van der Waals surface area contributed by atoms with E-state index in [0.717, 1.165) is 24.8 Å². The number of benzene rings is 1. The number of aromatic nitrogens is 5. The number of hydrogen-bond acceptors (Lipinski definition) is 7. The average molecular weight is 469 g/mol. The summed E-state index contributed by atoms with van der Waals surface area (Å²) >= 11 is 0. The van der Waals surface area contributed by atoms with Gasteiger partial charge in [-0.25, -0.2) is 18.2 Å². The summed E-state index contributed by atoms with van der Waals surface area (Å²) in [6.07, 6.45) is 5.94. The van der Waals surface area contributed by atoms with Gasteiger partial charge < -0.3 is 9.30 Å². The van der Waals surface area contributed by atoms with Gasteiger partial charge in [0.1, 0.15) is 18.8 Å². The second-order valence-corrected chi connectivity index (χ2v) is 9.92. The smallest absolute Gasteiger partial charge is 0.340 e. The predicted octanol–water partition coefficient (Wildman–Crippen LogP) is 2.63. The van der Waals surface area contributed by atoms with E-state index in [-0.39, 0.29) is 11.5 Å². The number of aryl methyl sites for hydroxylation is 1. The van der Waals surface area contributed by atoms with E-state index >= 15 is 0 Å². The monoisotopic (exact) mass is 468 g/mol. The van der Waals surface area contributed by atoms with Crippen LogP contribution in [0.5, 0.6) is 0 Å². The summed E-state index contributed by atoms with van der Waals surface area (Å²) in [5.74, 6) is 0.0624. The number of hydrogen-bond donors (Lipinski definition) is 0. The van der Waals surface area contributed by atoms with Crippen molar-refractivity contribution in [2.45, 2.75) is 44.2 Å². The van der Waals surface area contributed by atoms with Crippen molar-refractivity contribution < 1.29 is 17.9 Å². The van der Waals surface area contributed by atoms with Gasteiger partial charge in [-0.2, -0.15) is 4.31 Å². The lowest BCUT2D eigenvalue weighted by Gasteiger charge is -2.25. The van der Waals surface area contributed by atoms with Crippen LogP contribution in [0, 0.1) is 0 Å². The molecule has 10 nitrogen and oxygen atoms in total. The van der Waals surface area contributed by atoms with Crippen molar-refractivity contribution in [3.63, 3.8) is 0 Å². The van der Waals surface area contributed by atoms with Gasteiger partial charge in [0.15, 0.2) is 5.65 Å². The Morgan fingerprint density at radius 1 is 1.12 bits per heavy atom. The van der Waals surface area contributed by atoms with E-state index in [1.54, 1.807) is 45.2 Å². The fraction of sp³-hybridized carbons (Fsp3) is 0.364. The third-order valence-corrected chi connectivity index (χ3v) is 7.82. The topological polar surface area (TPSA) is 112 Å². The number of fused-ring (bicyclic) bond motifs is 2. The van der Waals surface area contributed by atoms with Gasteiger partial charge in [-0.3, -0.25) is 4.40 Å². The first-order valence-electron chi connectivity index (χ1n) is 10.9. The number of rotatable bonds is 6. The van der Waals surface area contributed by atoms with Crippen molar-refractivity contribution in [1.82, 2.24) is 28.5 Å². The minimum atomic E-state index is -3.55. The quantitative estimate of drug-likeness (QED) is 0.400. The number of carbonyl (C=O) groups excluding carboxylic acids is 1.